The maximum absolute atomic E-state index is 3.87. The minimum atomic E-state index is 0.730. The smallest absolute Gasteiger partial charge is 0.0212 e. The normalized spacial score (nSPS) is 28.5. The summed E-state index contributed by atoms with van der Waals surface area (Å²) in [7, 11) is 2.24. The van der Waals surface area contributed by atoms with E-state index in [9.17, 15) is 0 Å². The van der Waals surface area contributed by atoms with Crippen molar-refractivity contribution in [1.29, 1.82) is 0 Å². The minimum Gasteiger partial charge on any atom is -0.310 e. The van der Waals surface area contributed by atoms with Crippen LogP contribution in [0, 0.1) is 0 Å². The summed E-state index contributed by atoms with van der Waals surface area (Å²) in [6, 6.07) is 2.24. The van der Waals surface area contributed by atoms with Crippen LogP contribution in [0.25, 0.3) is 0 Å². The van der Waals surface area contributed by atoms with Gasteiger partial charge in [0.2, 0.25) is 0 Å². The molecule has 0 aromatic heterocycles. The number of nitrogens with zero attached hydrogens (tertiary/aromatic N) is 1. The average Bonchev–Trinajstić information content (AvgIpc) is 2.55. The zero-order valence-corrected chi connectivity index (χ0v) is 11.6. The molecule has 0 radical (unpaired) electrons. The number of rotatable bonds is 7. The molecule has 0 spiro atoms. The minimum absolute atomic E-state index is 0.730. The van der Waals surface area contributed by atoms with Crippen LogP contribution in [0.2, 0.25) is 0 Å². The second kappa shape index (κ2) is 7.29. The Balaban J connectivity index is 2.30. The lowest BCUT2D eigenvalue weighted by Crippen LogP contribution is -2.39. The van der Waals surface area contributed by atoms with Gasteiger partial charge < -0.3 is 10.2 Å². The van der Waals surface area contributed by atoms with Crippen molar-refractivity contribution in [3.05, 3.63) is 0 Å². The number of likely N-dealkylation sites (N-methyl/N-ethyl adjacent to an activating group) is 1. The van der Waals surface area contributed by atoms with Gasteiger partial charge in [-0.15, -0.1) is 0 Å². The van der Waals surface area contributed by atoms with E-state index in [1.54, 1.807) is 0 Å². The number of hydrogen-bond donors (Lipinski definition) is 1. The van der Waals surface area contributed by atoms with Crippen LogP contribution in [0.3, 0.4) is 0 Å². The fraction of sp³-hybridized carbons (Fsp3) is 1.00. The SMILES string of the molecule is CCCCC(CCC)NC1CC(C)N(C)C1. The molecule has 0 aromatic rings. The molecular weight excluding hydrogens is 196 g/mol. The molecule has 2 heteroatoms. The molecule has 3 atom stereocenters. The Hall–Kier alpha value is -0.0800. The van der Waals surface area contributed by atoms with E-state index in [1.165, 1.54) is 45.1 Å². The summed E-state index contributed by atoms with van der Waals surface area (Å²) in [6.07, 6.45) is 8.02. The molecule has 0 bridgehead atoms. The topological polar surface area (TPSA) is 15.3 Å². The van der Waals surface area contributed by atoms with Gasteiger partial charge in [0.05, 0.1) is 0 Å². The third-order valence-corrected chi connectivity index (χ3v) is 3.90. The lowest BCUT2D eigenvalue weighted by Gasteiger charge is -2.22. The predicted molar refractivity (Wildman–Crippen MR) is 71.9 cm³/mol. The van der Waals surface area contributed by atoms with E-state index >= 15 is 0 Å². The Kier molecular flexibility index (Phi) is 6.37. The summed E-state index contributed by atoms with van der Waals surface area (Å²) in [6.45, 7) is 8.15. The van der Waals surface area contributed by atoms with Gasteiger partial charge in [0.15, 0.2) is 0 Å². The maximum atomic E-state index is 3.87. The van der Waals surface area contributed by atoms with E-state index in [-0.39, 0.29) is 0 Å². The molecular formula is C14H30N2. The summed E-state index contributed by atoms with van der Waals surface area (Å²) in [5.74, 6) is 0. The predicted octanol–water partition coefficient (Wildman–Crippen LogP) is 3.03. The molecule has 1 saturated heterocycles. The zero-order chi connectivity index (χ0) is 12.0. The van der Waals surface area contributed by atoms with Crippen molar-refractivity contribution in [1.82, 2.24) is 10.2 Å². The summed E-state index contributed by atoms with van der Waals surface area (Å²) in [5.41, 5.74) is 0. The van der Waals surface area contributed by atoms with Gasteiger partial charge in [0, 0.05) is 24.7 Å². The van der Waals surface area contributed by atoms with Gasteiger partial charge in [-0.05, 0) is 33.2 Å². The van der Waals surface area contributed by atoms with Crippen molar-refractivity contribution in [2.24, 2.45) is 0 Å². The molecule has 1 fully saturated rings. The average molecular weight is 226 g/mol. The summed E-state index contributed by atoms with van der Waals surface area (Å²) in [4.78, 5) is 2.47. The highest BCUT2D eigenvalue weighted by Crippen LogP contribution is 2.17. The Bertz CT molecular complexity index is 172. The number of unbranched alkanes of at least 4 members (excludes halogenated alkanes) is 1. The quantitative estimate of drug-likeness (QED) is 0.718. The van der Waals surface area contributed by atoms with Gasteiger partial charge in [-0.3, -0.25) is 0 Å². The Morgan fingerprint density at radius 3 is 2.50 bits per heavy atom. The van der Waals surface area contributed by atoms with Crippen molar-refractivity contribution in [2.45, 2.75) is 77.4 Å². The van der Waals surface area contributed by atoms with Crippen molar-refractivity contribution in [2.75, 3.05) is 13.6 Å². The molecule has 0 aromatic carbocycles. The highest BCUT2D eigenvalue weighted by atomic mass is 15.2. The van der Waals surface area contributed by atoms with Crippen molar-refractivity contribution in [3.8, 4) is 0 Å². The molecule has 0 amide bonds. The van der Waals surface area contributed by atoms with Gasteiger partial charge in [-0.25, -0.2) is 0 Å². The van der Waals surface area contributed by atoms with Crippen LogP contribution in [0.5, 0.6) is 0 Å². The first kappa shape index (κ1) is 14.0. The first-order valence-electron chi connectivity index (χ1n) is 7.13. The molecule has 1 aliphatic rings. The number of hydrogen-bond acceptors (Lipinski definition) is 2. The fourth-order valence-electron chi connectivity index (χ4n) is 2.76. The third-order valence-electron chi connectivity index (χ3n) is 3.90. The maximum Gasteiger partial charge on any atom is 0.0212 e. The van der Waals surface area contributed by atoms with Gasteiger partial charge in [-0.1, -0.05) is 33.1 Å². The molecule has 16 heavy (non-hydrogen) atoms. The second-order valence-electron chi connectivity index (χ2n) is 5.52. The molecule has 1 heterocycles. The van der Waals surface area contributed by atoms with E-state index in [0.29, 0.717) is 0 Å². The number of likely N-dealkylation sites (tertiary alicyclic amines) is 1. The van der Waals surface area contributed by atoms with Crippen LogP contribution in [0.15, 0.2) is 0 Å². The van der Waals surface area contributed by atoms with Crippen LogP contribution < -0.4 is 5.32 Å². The summed E-state index contributed by atoms with van der Waals surface area (Å²) < 4.78 is 0. The molecule has 0 saturated carbocycles. The highest BCUT2D eigenvalue weighted by Gasteiger charge is 2.27. The van der Waals surface area contributed by atoms with Crippen molar-refractivity contribution < 1.29 is 0 Å². The first-order valence-corrected chi connectivity index (χ1v) is 7.13. The summed E-state index contributed by atoms with van der Waals surface area (Å²) >= 11 is 0. The molecule has 96 valence electrons. The van der Waals surface area contributed by atoms with E-state index in [1.807, 2.05) is 0 Å². The Morgan fingerprint density at radius 1 is 1.25 bits per heavy atom. The second-order valence-corrected chi connectivity index (χ2v) is 5.52. The van der Waals surface area contributed by atoms with Gasteiger partial charge in [0.25, 0.3) is 0 Å². The van der Waals surface area contributed by atoms with E-state index in [2.05, 4.69) is 38.0 Å². The monoisotopic (exact) mass is 226 g/mol. The van der Waals surface area contributed by atoms with Crippen molar-refractivity contribution in [3.63, 3.8) is 0 Å². The number of nitrogens with one attached hydrogen (secondary N) is 1. The standard InChI is InChI=1S/C14H30N2/c1-5-7-9-13(8-6-2)15-14-10-12(3)16(4)11-14/h12-15H,5-11H2,1-4H3. The third kappa shape index (κ3) is 4.42. The van der Waals surface area contributed by atoms with E-state index < -0.39 is 0 Å². The van der Waals surface area contributed by atoms with Gasteiger partial charge in [-0.2, -0.15) is 0 Å². The lowest BCUT2D eigenvalue weighted by molar-refractivity contribution is 0.321. The molecule has 1 N–H and O–H groups in total. The summed E-state index contributed by atoms with van der Waals surface area (Å²) in [5, 5.41) is 3.87. The van der Waals surface area contributed by atoms with Crippen LogP contribution in [-0.2, 0) is 0 Å². The zero-order valence-electron chi connectivity index (χ0n) is 11.6. The van der Waals surface area contributed by atoms with Gasteiger partial charge >= 0.3 is 0 Å². The molecule has 3 unspecified atom stereocenters. The fourth-order valence-corrected chi connectivity index (χ4v) is 2.76. The molecule has 1 rings (SSSR count). The van der Waals surface area contributed by atoms with Crippen LogP contribution >= 0.6 is 0 Å². The van der Waals surface area contributed by atoms with E-state index in [0.717, 1.165) is 18.1 Å². The molecule has 1 aliphatic heterocycles. The largest absolute Gasteiger partial charge is 0.310 e. The van der Waals surface area contributed by atoms with Crippen LogP contribution in [0.1, 0.15) is 59.3 Å². The van der Waals surface area contributed by atoms with E-state index in [4.69, 9.17) is 0 Å². The van der Waals surface area contributed by atoms with Crippen molar-refractivity contribution >= 4 is 0 Å². The molecule has 2 nitrogen and oxygen atoms in total. The van der Waals surface area contributed by atoms with Crippen LogP contribution in [0.4, 0.5) is 0 Å². The first-order chi connectivity index (χ1) is 7.67. The highest BCUT2D eigenvalue weighted by molar-refractivity contribution is 4.87. The molecule has 0 aliphatic carbocycles. The Morgan fingerprint density at radius 2 is 2.00 bits per heavy atom. The van der Waals surface area contributed by atoms with Gasteiger partial charge in [0.1, 0.15) is 0 Å². The Labute approximate surface area is 102 Å². The van der Waals surface area contributed by atoms with Crippen LogP contribution in [-0.4, -0.2) is 36.6 Å². The lowest BCUT2D eigenvalue weighted by atomic mass is 10.0.